The Balaban J connectivity index is 4.57. The molecular weight excluding hydrogens is 272 g/mol. The van der Waals surface area contributed by atoms with Crippen LogP contribution in [0.25, 0.3) is 0 Å². The van der Waals surface area contributed by atoms with Gasteiger partial charge in [0.25, 0.3) is 0 Å². The van der Waals surface area contributed by atoms with Gasteiger partial charge >= 0.3 is 5.97 Å². The van der Waals surface area contributed by atoms with Gasteiger partial charge in [0.15, 0.2) is 5.78 Å². The second kappa shape index (κ2) is 10.7. The van der Waals surface area contributed by atoms with E-state index in [4.69, 9.17) is 5.11 Å². The number of Topliss-reactive ketones (excluding diaryl/α,β-unsaturated/α-hetero) is 1. The fourth-order valence-corrected chi connectivity index (χ4v) is 2.42. The number of unbranched alkanes of at least 4 members (excludes halogenated alkanes) is 5. The summed E-state index contributed by atoms with van der Waals surface area (Å²) in [5.41, 5.74) is -1.94. The molecule has 0 saturated heterocycles. The van der Waals surface area contributed by atoms with Crippen molar-refractivity contribution in [1.82, 2.24) is 0 Å². The zero-order valence-corrected chi connectivity index (χ0v) is 13.3. The minimum absolute atomic E-state index is 0.0952. The van der Waals surface area contributed by atoms with Crippen LogP contribution in [0.4, 0.5) is 0 Å². The van der Waals surface area contributed by atoms with Crippen LogP contribution in [0.5, 0.6) is 0 Å². The van der Waals surface area contributed by atoms with Crippen LogP contribution in [0, 0.1) is 0 Å². The molecule has 3 N–H and O–H groups in total. The molecular formula is C16H30O5. The number of aliphatic hydroxyl groups excluding tert-OH is 1. The van der Waals surface area contributed by atoms with Gasteiger partial charge in [-0.05, 0) is 12.8 Å². The highest BCUT2D eigenvalue weighted by atomic mass is 16.4. The topological polar surface area (TPSA) is 94.8 Å². The predicted molar refractivity (Wildman–Crippen MR) is 81.1 cm³/mol. The fourth-order valence-electron chi connectivity index (χ4n) is 2.42. The Hall–Kier alpha value is -0.940. The minimum atomic E-state index is -1.94. The van der Waals surface area contributed by atoms with E-state index < -0.39 is 29.9 Å². The van der Waals surface area contributed by atoms with Crippen molar-refractivity contribution in [2.45, 2.75) is 89.8 Å². The summed E-state index contributed by atoms with van der Waals surface area (Å²) in [5, 5.41) is 29.2. The molecule has 0 aromatic rings. The summed E-state index contributed by atoms with van der Waals surface area (Å²) in [7, 11) is 0. The van der Waals surface area contributed by atoms with Gasteiger partial charge in [0.1, 0.15) is 11.7 Å². The highest BCUT2D eigenvalue weighted by Crippen LogP contribution is 2.24. The molecule has 0 spiro atoms. The van der Waals surface area contributed by atoms with Crippen molar-refractivity contribution in [3.8, 4) is 0 Å². The van der Waals surface area contributed by atoms with Gasteiger partial charge in [0, 0.05) is 0 Å². The Labute approximate surface area is 127 Å². The SMILES string of the molecule is CCCCCCC(O)C(=O)C(O)(CCCCC)CC(=O)O. The van der Waals surface area contributed by atoms with Crippen molar-refractivity contribution < 1.29 is 24.9 Å². The lowest BCUT2D eigenvalue weighted by Crippen LogP contribution is -2.46. The summed E-state index contributed by atoms with van der Waals surface area (Å²) in [5.74, 6) is -1.96. The van der Waals surface area contributed by atoms with Crippen molar-refractivity contribution in [1.29, 1.82) is 0 Å². The van der Waals surface area contributed by atoms with Crippen molar-refractivity contribution in [2.24, 2.45) is 0 Å². The number of rotatable bonds is 13. The lowest BCUT2D eigenvalue weighted by Gasteiger charge is -2.27. The first kappa shape index (κ1) is 20.1. The smallest absolute Gasteiger partial charge is 0.306 e. The van der Waals surface area contributed by atoms with E-state index in [-0.39, 0.29) is 12.8 Å². The minimum Gasteiger partial charge on any atom is -0.481 e. The maximum Gasteiger partial charge on any atom is 0.306 e. The van der Waals surface area contributed by atoms with E-state index >= 15 is 0 Å². The number of carboxylic acid groups (broad SMARTS) is 1. The van der Waals surface area contributed by atoms with E-state index in [1.54, 1.807) is 0 Å². The first-order valence-corrected chi connectivity index (χ1v) is 8.04. The Morgan fingerprint density at radius 3 is 2.10 bits per heavy atom. The van der Waals surface area contributed by atoms with Crippen LogP contribution in [-0.2, 0) is 9.59 Å². The second-order valence-electron chi connectivity index (χ2n) is 5.79. The number of carbonyl (C=O) groups is 2. The van der Waals surface area contributed by atoms with Crippen molar-refractivity contribution in [3.05, 3.63) is 0 Å². The Morgan fingerprint density at radius 2 is 1.57 bits per heavy atom. The number of carboxylic acids is 1. The highest BCUT2D eigenvalue weighted by molar-refractivity contribution is 5.93. The second-order valence-corrected chi connectivity index (χ2v) is 5.79. The molecule has 0 aliphatic heterocycles. The van der Waals surface area contributed by atoms with E-state index in [0.29, 0.717) is 12.8 Å². The highest BCUT2D eigenvalue weighted by Gasteiger charge is 2.40. The Morgan fingerprint density at radius 1 is 1.00 bits per heavy atom. The summed E-state index contributed by atoms with van der Waals surface area (Å²) in [6.45, 7) is 4.06. The van der Waals surface area contributed by atoms with Crippen molar-refractivity contribution in [3.63, 3.8) is 0 Å². The Bertz CT molecular complexity index is 316. The van der Waals surface area contributed by atoms with Gasteiger partial charge in [-0.3, -0.25) is 9.59 Å². The van der Waals surface area contributed by atoms with Crippen LogP contribution in [0.15, 0.2) is 0 Å². The summed E-state index contributed by atoms with van der Waals surface area (Å²) in [6.07, 6.45) is 4.52. The van der Waals surface area contributed by atoms with Gasteiger partial charge < -0.3 is 15.3 Å². The third-order valence-corrected chi connectivity index (χ3v) is 3.73. The monoisotopic (exact) mass is 302 g/mol. The normalized spacial score (nSPS) is 15.4. The number of hydrogen-bond donors (Lipinski definition) is 3. The number of aliphatic carboxylic acids is 1. The molecule has 0 bridgehead atoms. The molecule has 0 amide bonds. The predicted octanol–water partition coefficient (Wildman–Crippen LogP) is 2.67. The quantitative estimate of drug-likeness (QED) is 0.455. The van der Waals surface area contributed by atoms with Crippen LogP contribution in [0.1, 0.15) is 78.1 Å². The van der Waals surface area contributed by atoms with Gasteiger partial charge in [0.05, 0.1) is 6.42 Å². The van der Waals surface area contributed by atoms with Crippen LogP contribution in [-0.4, -0.2) is 38.8 Å². The van der Waals surface area contributed by atoms with Gasteiger partial charge in [-0.2, -0.15) is 0 Å². The average Bonchev–Trinajstić information content (AvgIpc) is 2.42. The number of hydrogen-bond acceptors (Lipinski definition) is 4. The first-order valence-electron chi connectivity index (χ1n) is 8.04. The Kier molecular flexibility index (Phi) is 10.3. The summed E-state index contributed by atoms with van der Waals surface area (Å²) >= 11 is 0. The van der Waals surface area contributed by atoms with E-state index in [0.717, 1.165) is 32.1 Å². The molecule has 21 heavy (non-hydrogen) atoms. The van der Waals surface area contributed by atoms with Gasteiger partial charge in [-0.1, -0.05) is 58.8 Å². The zero-order valence-electron chi connectivity index (χ0n) is 13.3. The molecule has 2 unspecified atom stereocenters. The summed E-state index contributed by atoms with van der Waals surface area (Å²) < 4.78 is 0. The molecule has 0 radical (unpaired) electrons. The molecule has 0 aromatic heterocycles. The van der Waals surface area contributed by atoms with Crippen LogP contribution < -0.4 is 0 Å². The molecule has 0 aliphatic rings. The lowest BCUT2D eigenvalue weighted by atomic mass is 9.84. The fraction of sp³-hybridized carbons (Fsp3) is 0.875. The van der Waals surface area contributed by atoms with Gasteiger partial charge in [0.2, 0.25) is 0 Å². The number of aliphatic hydroxyl groups is 2. The summed E-state index contributed by atoms with van der Waals surface area (Å²) in [6, 6.07) is 0. The van der Waals surface area contributed by atoms with E-state index in [2.05, 4.69) is 6.92 Å². The molecule has 5 heteroatoms. The molecule has 5 nitrogen and oxygen atoms in total. The van der Waals surface area contributed by atoms with Crippen molar-refractivity contribution in [2.75, 3.05) is 0 Å². The largest absolute Gasteiger partial charge is 0.481 e. The van der Waals surface area contributed by atoms with Gasteiger partial charge in [-0.15, -0.1) is 0 Å². The van der Waals surface area contributed by atoms with Crippen LogP contribution in [0.2, 0.25) is 0 Å². The molecule has 0 fully saturated rings. The van der Waals surface area contributed by atoms with E-state index in [9.17, 15) is 19.8 Å². The molecule has 0 heterocycles. The molecule has 0 saturated carbocycles. The third kappa shape index (κ3) is 8.17. The van der Waals surface area contributed by atoms with E-state index in [1.807, 2.05) is 6.92 Å². The molecule has 0 aromatic carbocycles. The maximum atomic E-state index is 12.2. The molecule has 0 rings (SSSR count). The van der Waals surface area contributed by atoms with Crippen molar-refractivity contribution >= 4 is 11.8 Å². The average molecular weight is 302 g/mol. The third-order valence-electron chi connectivity index (χ3n) is 3.73. The zero-order chi connectivity index (χ0) is 16.3. The lowest BCUT2D eigenvalue weighted by molar-refractivity contribution is -0.157. The standard InChI is InChI=1S/C16H30O5/c1-3-5-7-8-10-13(17)15(20)16(21,12-14(18)19)11-9-6-4-2/h13,17,21H,3-12H2,1-2H3,(H,18,19). The number of ketones is 1. The van der Waals surface area contributed by atoms with Gasteiger partial charge in [-0.25, -0.2) is 0 Å². The van der Waals surface area contributed by atoms with Crippen LogP contribution >= 0.6 is 0 Å². The molecule has 124 valence electrons. The van der Waals surface area contributed by atoms with Crippen LogP contribution in [0.3, 0.4) is 0 Å². The number of carbonyl (C=O) groups excluding carboxylic acids is 1. The molecule has 0 aliphatic carbocycles. The molecule has 2 atom stereocenters. The van der Waals surface area contributed by atoms with E-state index in [1.165, 1.54) is 0 Å². The first-order chi connectivity index (χ1) is 9.87. The maximum absolute atomic E-state index is 12.2. The summed E-state index contributed by atoms with van der Waals surface area (Å²) in [4.78, 5) is 23.1.